The third-order valence-electron chi connectivity index (χ3n) is 5.03. The number of aromatic nitrogens is 2. The Bertz CT molecular complexity index is 690. The number of nitrogens with zero attached hydrogens (tertiary/aromatic N) is 2. The maximum atomic E-state index is 9.13. The molecule has 0 saturated heterocycles. The fraction of sp³-hybridized carbons (Fsp3) is 0.550. The van der Waals surface area contributed by atoms with Gasteiger partial charge in [0, 0.05) is 29.9 Å². The van der Waals surface area contributed by atoms with Crippen molar-refractivity contribution >= 4 is 0 Å². The van der Waals surface area contributed by atoms with Gasteiger partial charge in [-0.1, -0.05) is 18.2 Å². The van der Waals surface area contributed by atoms with Crippen LogP contribution >= 0.6 is 0 Å². The minimum absolute atomic E-state index is 0.112. The van der Waals surface area contributed by atoms with Crippen LogP contribution in [-0.4, -0.2) is 27.6 Å². The summed E-state index contributed by atoms with van der Waals surface area (Å²) in [5, 5.41) is 17.2. The van der Waals surface area contributed by atoms with Crippen molar-refractivity contribution in [3.05, 3.63) is 46.8 Å². The average Bonchev–Trinajstić information content (AvgIpc) is 3.20. The number of aliphatic hydroxyl groups excluding tert-OH is 1. The zero-order valence-electron chi connectivity index (χ0n) is 15.3. The lowest BCUT2D eigenvalue weighted by Crippen LogP contribution is -2.17. The molecule has 0 aliphatic heterocycles. The van der Waals surface area contributed by atoms with Crippen LogP contribution in [0, 0.1) is 13.8 Å². The summed E-state index contributed by atoms with van der Waals surface area (Å²) in [6, 6.07) is 8.31. The Morgan fingerprint density at radius 2 is 1.96 bits per heavy atom. The fourth-order valence-electron chi connectivity index (χ4n) is 3.58. The van der Waals surface area contributed by atoms with Gasteiger partial charge >= 0.3 is 0 Å². The van der Waals surface area contributed by atoms with E-state index in [0.717, 1.165) is 30.2 Å². The molecule has 5 heteroatoms. The monoisotopic (exact) mass is 343 g/mol. The van der Waals surface area contributed by atoms with Crippen molar-refractivity contribution < 1.29 is 9.84 Å². The van der Waals surface area contributed by atoms with Gasteiger partial charge in [-0.15, -0.1) is 0 Å². The summed E-state index contributed by atoms with van der Waals surface area (Å²) in [6.07, 6.45) is 5.28. The lowest BCUT2D eigenvalue weighted by molar-refractivity contribution is 0.207. The molecule has 1 aliphatic carbocycles. The van der Waals surface area contributed by atoms with E-state index in [1.165, 1.54) is 36.8 Å². The largest absolute Gasteiger partial charge is 0.490 e. The van der Waals surface area contributed by atoms with Crippen LogP contribution in [0.1, 0.15) is 48.2 Å². The third-order valence-corrected chi connectivity index (χ3v) is 5.03. The standard InChI is InChI=1S/C20H29N3O2/c1-15-19(16(2)23(22-15)11-12-24)14-21-13-17-7-3-6-10-20(17)25-18-8-4-5-9-18/h3,6-7,10,18,21,24H,4-5,8-9,11-14H2,1-2H3. The van der Waals surface area contributed by atoms with Gasteiger partial charge in [-0.3, -0.25) is 4.68 Å². The maximum absolute atomic E-state index is 9.13. The molecular formula is C20H29N3O2. The molecule has 1 aromatic carbocycles. The molecule has 5 nitrogen and oxygen atoms in total. The van der Waals surface area contributed by atoms with E-state index in [1.54, 1.807) is 0 Å². The second kappa shape index (κ2) is 8.50. The van der Waals surface area contributed by atoms with Crippen molar-refractivity contribution in [2.75, 3.05) is 6.61 Å². The van der Waals surface area contributed by atoms with Crippen LogP contribution < -0.4 is 10.1 Å². The molecule has 0 spiro atoms. The Balaban J connectivity index is 1.61. The Morgan fingerprint density at radius 3 is 2.72 bits per heavy atom. The minimum Gasteiger partial charge on any atom is -0.490 e. The van der Waals surface area contributed by atoms with Crippen LogP contribution in [0.4, 0.5) is 0 Å². The van der Waals surface area contributed by atoms with Crippen LogP contribution in [0.15, 0.2) is 24.3 Å². The number of aliphatic hydroxyl groups is 1. The van der Waals surface area contributed by atoms with Crippen molar-refractivity contribution in [1.82, 2.24) is 15.1 Å². The zero-order valence-corrected chi connectivity index (χ0v) is 15.3. The van der Waals surface area contributed by atoms with E-state index in [-0.39, 0.29) is 6.61 Å². The van der Waals surface area contributed by atoms with Crippen LogP contribution in [-0.2, 0) is 19.6 Å². The highest BCUT2D eigenvalue weighted by Crippen LogP contribution is 2.26. The Labute approximate surface area is 150 Å². The van der Waals surface area contributed by atoms with Crippen molar-refractivity contribution in [2.45, 2.75) is 65.3 Å². The number of rotatable bonds is 8. The Hall–Kier alpha value is -1.85. The molecule has 2 N–H and O–H groups in total. The molecule has 0 unspecified atom stereocenters. The van der Waals surface area contributed by atoms with Gasteiger partial charge in [0.1, 0.15) is 5.75 Å². The van der Waals surface area contributed by atoms with Crippen molar-refractivity contribution in [2.24, 2.45) is 0 Å². The number of hydrogen-bond acceptors (Lipinski definition) is 4. The summed E-state index contributed by atoms with van der Waals surface area (Å²) in [5.41, 5.74) is 4.55. The van der Waals surface area contributed by atoms with Gasteiger partial charge < -0.3 is 15.2 Å². The van der Waals surface area contributed by atoms with E-state index in [1.807, 2.05) is 17.7 Å². The topological polar surface area (TPSA) is 59.3 Å². The van der Waals surface area contributed by atoms with E-state index >= 15 is 0 Å². The third kappa shape index (κ3) is 4.41. The first-order valence-corrected chi connectivity index (χ1v) is 9.28. The summed E-state index contributed by atoms with van der Waals surface area (Å²) < 4.78 is 8.09. The average molecular weight is 343 g/mol. The summed E-state index contributed by atoms with van der Waals surface area (Å²) in [6.45, 7) is 6.28. The molecule has 1 heterocycles. The predicted molar refractivity (Wildman–Crippen MR) is 98.7 cm³/mol. The van der Waals surface area contributed by atoms with Crippen LogP contribution in [0.25, 0.3) is 0 Å². The molecule has 1 aliphatic rings. The summed E-state index contributed by atoms with van der Waals surface area (Å²) in [7, 11) is 0. The molecule has 0 radical (unpaired) electrons. The van der Waals surface area contributed by atoms with Crippen LogP contribution in [0.5, 0.6) is 5.75 Å². The Morgan fingerprint density at radius 1 is 1.20 bits per heavy atom. The highest BCUT2D eigenvalue weighted by Gasteiger charge is 2.18. The quantitative estimate of drug-likeness (QED) is 0.773. The molecular weight excluding hydrogens is 314 g/mol. The van der Waals surface area contributed by atoms with Crippen molar-refractivity contribution in [3.8, 4) is 5.75 Å². The smallest absolute Gasteiger partial charge is 0.124 e. The van der Waals surface area contributed by atoms with Crippen molar-refractivity contribution in [1.29, 1.82) is 0 Å². The van der Waals surface area contributed by atoms with Gasteiger partial charge in [-0.05, 0) is 45.6 Å². The summed E-state index contributed by atoms with van der Waals surface area (Å²) in [4.78, 5) is 0. The van der Waals surface area contributed by atoms with E-state index < -0.39 is 0 Å². The second-order valence-electron chi connectivity index (χ2n) is 6.83. The van der Waals surface area contributed by atoms with Gasteiger partial charge in [0.2, 0.25) is 0 Å². The van der Waals surface area contributed by atoms with Crippen LogP contribution in [0.3, 0.4) is 0 Å². The molecule has 136 valence electrons. The fourth-order valence-corrected chi connectivity index (χ4v) is 3.58. The highest BCUT2D eigenvalue weighted by atomic mass is 16.5. The van der Waals surface area contributed by atoms with E-state index in [9.17, 15) is 0 Å². The van der Waals surface area contributed by atoms with Gasteiger partial charge in [0.15, 0.2) is 0 Å². The number of hydrogen-bond donors (Lipinski definition) is 2. The van der Waals surface area contributed by atoms with E-state index in [4.69, 9.17) is 9.84 Å². The molecule has 1 fully saturated rings. The normalized spacial score (nSPS) is 15.0. The Kier molecular flexibility index (Phi) is 6.10. The van der Waals surface area contributed by atoms with E-state index in [0.29, 0.717) is 12.6 Å². The number of nitrogens with one attached hydrogen (secondary N) is 1. The van der Waals surface area contributed by atoms with Gasteiger partial charge in [0.25, 0.3) is 0 Å². The van der Waals surface area contributed by atoms with Crippen molar-refractivity contribution in [3.63, 3.8) is 0 Å². The maximum Gasteiger partial charge on any atom is 0.124 e. The second-order valence-corrected chi connectivity index (χ2v) is 6.83. The molecule has 0 amide bonds. The SMILES string of the molecule is Cc1nn(CCO)c(C)c1CNCc1ccccc1OC1CCCC1. The number of ether oxygens (including phenoxy) is 1. The number of benzene rings is 1. The first-order chi connectivity index (χ1) is 12.2. The molecule has 1 aromatic heterocycles. The molecule has 1 saturated carbocycles. The molecule has 3 rings (SSSR count). The van der Waals surface area contributed by atoms with E-state index in [2.05, 4.69) is 35.5 Å². The zero-order chi connectivity index (χ0) is 17.6. The van der Waals surface area contributed by atoms with Gasteiger partial charge in [-0.2, -0.15) is 5.10 Å². The summed E-state index contributed by atoms with van der Waals surface area (Å²) >= 11 is 0. The molecule has 25 heavy (non-hydrogen) atoms. The van der Waals surface area contributed by atoms with Crippen LogP contribution in [0.2, 0.25) is 0 Å². The molecule has 0 bridgehead atoms. The van der Waals surface area contributed by atoms with Gasteiger partial charge in [-0.25, -0.2) is 0 Å². The predicted octanol–water partition coefficient (Wildman–Crippen LogP) is 3.10. The molecule has 2 aromatic rings. The highest BCUT2D eigenvalue weighted by molar-refractivity contribution is 5.33. The first-order valence-electron chi connectivity index (χ1n) is 9.28. The lowest BCUT2D eigenvalue weighted by atomic mass is 10.1. The lowest BCUT2D eigenvalue weighted by Gasteiger charge is -2.17. The molecule has 0 atom stereocenters. The first kappa shape index (κ1) is 18.0. The number of aryl methyl sites for hydroxylation is 1. The number of para-hydroxylation sites is 1. The summed E-state index contributed by atoms with van der Waals surface area (Å²) in [5.74, 6) is 1.01. The minimum atomic E-state index is 0.112. The van der Waals surface area contributed by atoms with Gasteiger partial charge in [0.05, 0.1) is 24.9 Å².